The molecule has 69 heavy (non-hydrogen) atoms. The normalized spacial score (nSPS) is 13.8. The summed E-state index contributed by atoms with van der Waals surface area (Å²) >= 11 is 0. The highest BCUT2D eigenvalue weighted by Gasteiger charge is 2.24. The number of hydrogen-bond donors (Lipinski definition) is 3. The molecule has 0 spiro atoms. The van der Waals surface area contributed by atoms with Gasteiger partial charge in [-0.2, -0.15) is 0 Å². The van der Waals surface area contributed by atoms with Gasteiger partial charge < -0.3 is 20.3 Å². The quantitative estimate of drug-likeness (QED) is 0.0244. The number of unbranched alkanes of at least 4 members (excludes halogenated alkanes) is 27. The molecule has 0 aromatic rings. The number of amides is 1. The Balaban J connectivity index is 4.64. The molecular weight excluding hydrogens is 851 g/mol. The lowest BCUT2D eigenvalue weighted by atomic mass is 10.0. The van der Waals surface area contributed by atoms with Crippen molar-refractivity contribution in [2.24, 2.45) is 0 Å². The van der Waals surface area contributed by atoms with Gasteiger partial charge in [0, 0.05) is 6.42 Å². The summed E-state index contributed by atoms with van der Waals surface area (Å²) in [6.07, 6.45) is 73.7. The molecule has 3 N–H and O–H groups in total. The van der Waals surface area contributed by atoms with Gasteiger partial charge in [0.25, 0.3) is 0 Å². The first-order valence-corrected chi connectivity index (χ1v) is 29.3. The Morgan fingerprint density at radius 2 is 0.841 bits per heavy atom. The van der Waals surface area contributed by atoms with Crippen LogP contribution in [0.2, 0.25) is 0 Å². The Morgan fingerprint density at radius 1 is 0.449 bits per heavy atom. The van der Waals surface area contributed by atoms with Crippen LogP contribution in [0, 0.1) is 0 Å². The number of ether oxygens (including phenoxy) is 1. The Kier molecular flexibility index (Phi) is 53.6. The molecule has 0 aromatic carbocycles. The molecule has 0 aliphatic heterocycles. The maximum atomic E-state index is 13.3. The van der Waals surface area contributed by atoms with Gasteiger partial charge in [-0.3, -0.25) is 9.59 Å². The van der Waals surface area contributed by atoms with Crippen LogP contribution >= 0.6 is 0 Å². The SMILES string of the molecule is CC/C=C\C/C=C\C/C=C\C/C=C\C/C=C\CCCCCC(=O)OC(CCC/C=C/C=C/CCCCCCCCC)CC(=O)NC(CO)C(O)CCCCCCCCCCCCCCCCCCC. The van der Waals surface area contributed by atoms with E-state index in [2.05, 4.69) is 111 Å². The monoisotopic (exact) mass is 962 g/mol. The van der Waals surface area contributed by atoms with Gasteiger partial charge in [-0.25, -0.2) is 0 Å². The zero-order chi connectivity index (χ0) is 50.2. The third-order valence-electron chi connectivity index (χ3n) is 13.0. The van der Waals surface area contributed by atoms with E-state index in [1.54, 1.807) is 0 Å². The molecule has 0 saturated heterocycles. The molecule has 0 heterocycles. The third-order valence-corrected chi connectivity index (χ3v) is 13.0. The molecule has 0 fully saturated rings. The lowest BCUT2D eigenvalue weighted by molar-refractivity contribution is -0.151. The summed E-state index contributed by atoms with van der Waals surface area (Å²) in [6, 6.07) is -0.728. The van der Waals surface area contributed by atoms with Gasteiger partial charge in [-0.05, 0) is 89.9 Å². The molecule has 0 saturated carbocycles. The highest BCUT2D eigenvalue weighted by molar-refractivity contribution is 5.77. The van der Waals surface area contributed by atoms with Crippen LogP contribution < -0.4 is 5.32 Å². The molecule has 6 nitrogen and oxygen atoms in total. The first-order chi connectivity index (χ1) is 34.0. The number of aliphatic hydroxyl groups excluding tert-OH is 2. The summed E-state index contributed by atoms with van der Waals surface area (Å²) in [7, 11) is 0. The number of allylic oxidation sites excluding steroid dienone is 14. The van der Waals surface area contributed by atoms with E-state index in [9.17, 15) is 19.8 Å². The van der Waals surface area contributed by atoms with Gasteiger partial charge in [0.15, 0.2) is 0 Å². The van der Waals surface area contributed by atoms with E-state index in [1.165, 1.54) is 135 Å². The van der Waals surface area contributed by atoms with Gasteiger partial charge in [-0.1, -0.05) is 260 Å². The maximum Gasteiger partial charge on any atom is 0.306 e. The number of hydrogen-bond acceptors (Lipinski definition) is 5. The van der Waals surface area contributed by atoms with Crippen molar-refractivity contribution in [3.8, 4) is 0 Å². The molecular formula is C63H111NO5. The zero-order valence-electron chi connectivity index (χ0n) is 45.4. The molecule has 0 rings (SSSR count). The molecule has 398 valence electrons. The minimum Gasteiger partial charge on any atom is -0.462 e. The molecule has 0 aliphatic rings. The van der Waals surface area contributed by atoms with Crippen molar-refractivity contribution in [3.63, 3.8) is 0 Å². The number of esters is 1. The second-order valence-electron chi connectivity index (χ2n) is 19.7. The summed E-state index contributed by atoms with van der Waals surface area (Å²) in [5.41, 5.74) is 0. The standard InChI is InChI=1S/C63H111NO5/c1-4-7-10-13-16-19-22-25-28-30-31-33-35-38-41-44-47-50-53-56-63(68)69-59(54-51-48-45-42-39-36-27-24-21-18-15-12-9-6-3)57-62(67)64-60(58-65)61(66)55-52-49-46-43-40-37-34-32-29-26-23-20-17-14-11-8-5-2/h7,10,16,19,25,28,31,33,36,38-39,41-42,45,59-61,65-66H,4-6,8-9,11-15,17-18,20-24,26-27,29-30,32,34-35,37,40,43-44,46-58H2,1-3H3,(H,64,67)/b10-7-,19-16-,28-25-,33-31-,39-36+,41-38-,45-42+. The summed E-state index contributed by atoms with van der Waals surface area (Å²) in [6.45, 7) is 6.37. The predicted octanol–water partition coefficient (Wildman–Crippen LogP) is 18.3. The minimum absolute atomic E-state index is 0.0280. The molecule has 0 aliphatic carbocycles. The van der Waals surface area contributed by atoms with Crippen LogP contribution in [0.25, 0.3) is 0 Å². The van der Waals surface area contributed by atoms with Crippen LogP contribution in [0.1, 0.15) is 278 Å². The number of nitrogens with one attached hydrogen (secondary N) is 1. The summed E-state index contributed by atoms with van der Waals surface area (Å²) < 4.78 is 5.92. The van der Waals surface area contributed by atoms with Crippen LogP contribution in [-0.2, 0) is 14.3 Å². The largest absolute Gasteiger partial charge is 0.462 e. The second-order valence-corrected chi connectivity index (χ2v) is 19.7. The first kappa shape index (κ1) is 66.0. The van der Waals surface area contributed by atoms with Gasteiger partial charge in [0.05, 0.1) is 25.2 Å². The fourth-order valence-electron chi connectivity index (χ4n) is 8.57. The highest BCUT2D eigenvalue weighted by Crippen LogP contribution is 2.17. The number of rotatable bonds is 52. The average Bonchev–Trinajstić information content (AvgIpc) is 3.34. The maximum absolute atomic E-state index is 13.3. The fourth-order valence-corrected chi connectivity index (χ4v) is 8.57. The van der Waals surface area contributed by atoms with Crippen LogP contribution in [-0.4, -0.2) is 46.9 Å². The van der Waals surface area contributed by atoms with Crippen molar-refractivity contribution in [1.29, 1.82) is 0 Å². The Hall–Kier alpha value is -2.96. The van der Waals surface area contributed by atoms with Crippen LogP contribution in [0.4, 0.5) is 0 Å². The number of carbonyl (C=O) groups is 2. The van der Waals surface area contributed by atoms with Crippen molar-refractivity contribution in [2.45, 2.75) is 296 Å². The molecule has 1 amide bonds. The van der Waals surface area contributed by atoms with Crippen molar-refractivity contribution < 1.29 is 24.5 Å². The minimum atomic E-state index is -0.810. The smallest absolute Gasteiger partial charge is 0.306 e. The van der Waals surface area contributed by atoms with Crippen LogP contribution in [0.3, 0.4) is 0 Å². The van der Waals surface area contributed by atoms with E-state index in [-0.39, 0.29) is 24.9 Å². The van der Waals surface area contributed by atoms with E-state index in [0.717, 1.165) is 96.3 Å². The Bertz CT molecular complexity index is 1310. The Morgan fingerprint density at radius 3 is 1.30 bits per heavy atom. The third kappa shape index (κ3) is 51.2. The van der Waals surface area contributed by atoms with E-state index in [4.69, 9.17) is 4.74 Å². The van der Waals surface area contributed by atoms with E-state index in [0.29, 0.717) is 19.3 Å². The second kappa shape index (κ2) is 56.0. The highest BCUT2D eigenvalue weighted by atomic mass is 16.5. The van der Waals surface area contributed by atoms with Crippen molar-refractivity contribution in [2.75, 3.05) is 6.61 Å². The first-order valence-electron chi connectivity index (χ1n) is 29.3. The van der Waals surface area contributed by atoms with Crippen molar-refractivity contribution >= 4 is 11.9 Å². The molecule has 3 unspecified atom stereocenters. The topological polar surface area (TPSA) is 95.9 Å². The van der Waals surface area contributed by atoms with Gasteiger partial charge >= 0.3 is 5.97 Å². The van der Waals surface area contributed by atoms with E-state index in [1.807, 2.05) is 0 Å². The fraction of sp³-hybridized carbons (Fsp3) is 0.746. The van der Waals surface area contributed by atoms with Gasteiger partial charge in [0.2, 0.25) is 5.91 Å². The summed E-state index contributed by atoms with van der Waals surface area (Å²) in [5.74, 6) is -0.557. The molecule has 0 bridgehead atoms. The molecule has 3 atom stereocenters. The van der Waals surface area contributed by atoms with E-state index >= 15 is 0 Å². The van der Waals surface area contributed by atoms with Crippen LogP contribution in [0.15, 0.2) is 85.1 Å². The number of carbonyl (C=O) groups excluding carboxylic acids is 2. The summed E-state index contributed by atoms with van der Waals surface area (Å²) in [5, 5.41) is 23.9. The van der Waals surface area contributed by atoms with Crippen molar-refractivity contribution in [3.05, 3.63) is 85.1 Å². The van der Waals surface area contributed by atoms with Crippen molar-refractivity contribution in [1.82, 2.24) is 5.32 Å². The predicted molar refractivity (Wildman–Crippen MR) is 301 cm³/mol. The molecule has 0 aromatic heterocycles. The lowest BCUT2D eigenvalue weighted by Gasteiger charge is -2.24. The Labute approximate surface area is 427 Å². The average molecular weight is 963 g/mol. The van der Waals surface area contributed by atoms with E-state index < -0.39 is 18.2 Å². The zero-order valence-corrected chi connectivity index (χ0v) is 45.4. The molecule has 0 radical (unpaired) electrons. The summed E-state index contributed by atoms with van der Waals surface area (Å²) in [4.78, 5) is 26.3. The lowest BCUT2D eigenvalue weighted by Crippen LogP contribution is -2.46. The molecule has 6 heteroatoms. The van der Waals surface area contributed by atoms with Gasteiger partial charge in [-0.15, -0.1) is 0 Å². The number of aliphatic hydroxyl groups is 2. The van der Waals surface area contributed by atoms with Crippen LogP contribution in [0.5, 0.6) is 0 Å². The van der Waals surface area contributed by atoms with Gasteiger partial charge in [0.1, 0.15) is 6.10 Å².